The Hall–Kier alpha value is -12.1. The number of hydrogen-bond acceptors (Lipinski definition) is 19. The van der Waals surface area contributed by atoms with Crippen LogP contribution in [0.2, 0.25) is 0 Å². The number of ether oxygens (including phenoxy) is 6. The van der Waals surface area contributed by atoms with Crippen molar-refractivity contribution in [2.45, 2.75) is 152 Å². The number of rotatable bonds is 35. The highest BCUT2D eigenvalue weighted by molar-refractivity contribution is 5.76. The van der Waals surface area contributed by atoms with Gasteiger partial charge in [-0.1, -0.05) is 207 Å². The fourth-order valence-corrected chi connectivity index (χ4v) is 12.9. The molecular weight excluding hydrogens is 1430 g/mol. The van der Waals surface area contributed by atoms with Gasteiger partial charge < -0.3 is 43.7 Å². The molecule has 0 aliphatic rings. The minimum atomic E-state index is -0.180. The lowest BCUT2D eigenvalue weighted by Crippen LogP contribution is -2.20. The molecule has 3 N–H and O–H groups in total. The number of esters is 1. The van der Waals surface area contributed by atoms with Crippen LogP contribution in [0.4, 0.5) is 0 Å². The molecule has 0 bridgehead atoms. The monoisotopic (exact) mass is 1530 g/mol. The third kappa shape index (κ3) is 24.0. The zero-order valence-corrected chi connectivity index (χ0v) is 67.7. The first-order valence-corrected chi connectivity index (χ1v) is 39.9. The van der Waals surface area contributed by atoms with Crippen molar-refractivity contribution in [1.29, 1.82) is 0 Å². The number of hydrogen-bond donors (Lipinski definition) is 3. The summed E-state index contributed by atoms with van der Waals surface area (Å²) in [5, 5.41) is 32.8. The van der Waals surface area contributed by atoms with Gasteiger partial charge in [-0.05, 0) is 155 Å². The molecule has 19 nitrogen and oxygen atoms in total. The molecule has 592 valence electrons. The van der Waals surface area contributed by atoms with Crippen LogP contribution in [0.15, 0.2) is 200 Å². The van der Waals surface area contributed by atoms with Crippen LogP contribution in [0.1, 0.15) is 147 Å². The fraction of sp³-hybridized carbons (Fsp3) is 0.326. The summed E-state index contributed by atoms with van der Waals surface area (Å²) in [6, 6.07) is 62.4. The van der Waals surface area contributed by atoms with Gasteiger partial charge in [0.2, 0.25) is 0 Å². The summed E-state index contributed by atoms with van der Waals surface area (Å²) in [6.07, 6.45) is 15.5. The van der Waals surface area contributed by atoms with E-state index in [4.69, 9.17) is 58.3 Å². The lowest BCUT2D eigenvalue weighted by atomic mass is 10.00. The van der Waals surface area contributed by atoms with E-state index in [9.17, 15) is 20.1 Å². The number of phenols is 3. The summed E-state index contributed by atoms with van der Waals surface area (Å²) >= 11 is 0. The number of nitrogens with zero attached hydrogens (tertiary/aromatic N) is 9. The molecule has 0 aliphatic carbocycles. The fourth-order valence-electron chi connectivity index (χ4n) is 12.9. The van der Waals surface area contributed by atoms with Crippen LogP contribution in [0, 0.1) is 39.5 Å². The Bertz CT molecular complexity index is 4860. The summed E-state index contributed by atoms with van der Waals surface area (Å²) in [7, 11) is 3.25. The van der Waals surface area contributed by atoms with Crippen molar-refractivity contribution in [1.82, 2.24) is 44.9 Å². The van der Waals surface area contributed by atoms with Gasteiger partial charge in [-0.3, -0.25) is 4.79 Å². The van der Waals surface area contributed by atoms with Gasteiger partial charge in [0, 0.05) is 51.6 Å². The average Bonchev–Trinajstić information content (AvgIpc) is 0.793. The van der Waals surface area contributed by atoms with E-state index in [1.807, 2.05) is 134 Å². The zero-order chi connectivity index (χ0) is 80.7. The summed E-state index contributed by atoms with van der Waals surface area (Å²) in [5.74, 6) is 7.94. The number of methoxy groups -OCH3 is 2. The molecule has 12 rings (SSSR count). The Morgan fingerprint density at radius 1 is 0.333 bits per heavy atom. The predicted molar refractivity (Wildman–Crippen MR) is 453 cm³/mol. The number of carbonyl (C=O) groups excluding carboxylic acids is 1. The summed E-state index contributed by atoms with van der Waals surface area (Å²) in [4.78, 5) is 54.9. The smallest absolute Gasteiger partial charge is 0.309 e. The van der Waals surface area contributed by atoms with Crippen LogP contribution in [0.3, 0.4) is 0 Å². The van der Waals surface area contributed by atoms with Gasteiger partial charge in [-0.25, -0.2) is 44.9 Å². The first-order chi connectivity index (χ1) is 55.5. The molecule has 0 radical (unpaired) electrons. The summed E-state index contributed by atoms with van der Waals surface area (Å²) in [6.45, 7) is 20.6. The maximum Gasteiger partial charge on any atom is 0.309 e. The van der Waals surface area contributed by atoms with E-state index in [2.05, 4.69) is 107 Å². The number of carbonyl (C=O) groups is 1. The van der Waals surface area contributed by atoms with Crippen LogP contribution < -0.4 is 23.7 Å². The lowest BCUT2D eigenvalue weighted by Gasteiger charge is -2.16. The Labute approximate surface area is 671 Å². The minimum absolute atomic E-state index is 0.0191. The van der Waals surface area contributed by atoms with E-state index < -0.39 is 0 Å². The molecule has 12 aromatic rings. The molecular formula is C95H107N9O10. The van der Waals surface area contributed by atoms with Crippen LogP contribution in [0.25, 0.3) is 102 Å². The number of aromatic hydroxyl groups is 3. The molecule has 0 aliphatic heterocycles. The van der Waals surface area contributed by atoms with Gasteiger partial charge in [0.15, 0.2) is 52.4 Å². The normalized spacial score (nSPS) is 11.5. The van der Waals surface area contributed by atoms with E-state index in [0.717, 1.165) is 107 Å². The summed E-state index contributed by atoms with van der Waals surface area (Å²) < 4.78 is 33.6. The second kappa shape index (κ2) is 43.1. The first kappa shape index (κ1) is 84.3. The molecule has 3 aromatic heterocycles. The van der Waals surface area contributed by atoms with Gasteiger partial charge in [0.1, 0.15) is 59.2 Å². The van der Waals surface area contributed by atoms with Crippen molar-refractivity contribution in [3.05, 3.63) is 222 Å². The highest BCUT2D eigenvalue weighted by Crippen LogP contribution is 2.38. The molecule has 19 heteroatoms. The van der Waals surface area contributed by atoms with Crippen molar-refractivity contribution < 1.29 is 48.5 Å². The van der Waals surface area contributed by atoms with E-state index >= 15 is 0 Å². The lowest BCUT2D eigenvalue weighted by molar-refractivity contribution is -0.149. The second-order valence-corrected chi connectivity index (χ2v) is 28.4. The van der Waals surface area contributed by atoms with Gasteiger partial charge in [0.05, 0.1) is 50.0 Å². The standard InChI is InChI=1S/C33H39N3O2.C31H35N3O4.C31H33N3O4/c1-6-7-8-9-10-11-18-38-26-14-17-29(30(37)21-26)33-35-31(27-15-12-22(2)19-24(27)4)34-32(36-33)28-16-13-23(3)20-25(28)5;1-5-7-8-21(6-2)20-38-26-17-18-27(28(35)19-26)31-33-29(22-9-13-24(36-3)14-10-22)32-30(34-31)23-11-15-25(37-4)16-12-23;1-3-5-12-22(4-2)31(36)38-20-19-37-25-17-18-26(27(35)21-25)30-33-28(23-13-8-6-9-14-23)32-29(34-30)24-15-10-7-11-16-24/h12-17,19-21,37H,6-11,18H2,1-5H3;9-19,21,35H,5-8,20H2,1-4H3;6-11,13-18,21-22,35H,3-5,12,19-20H2,1-2H3. The van der Waals surface area contributed by atoms with E-state index in [1.54, 1.807) is 44.6 Å². The van der Waals surface area contributed by atoms with Gasteiger partial charge in [-0.15, -0.1) is 0 Å². The van der Waals surface area contributed by atoms with Crippen molar-refractivity contribution in [2.24, 2.45) is 11.8 Å². The van der Waals surface area contributed by atoms with Crippen molar-refractivity contribution in [3.8, 4) is 148 Å². The van der Waals surface area contributed by atoms with E-state index in [-0.39, 0.29) is 42.3 Å². The molecule has 2 atom stereocenters. The molecule has 0 saturated heterocycles. The third-order valence-electron chi connectivity index (χ3n) is 19.7. The minimum Gasteiger partial charge on any atom is -0.507 e. The topological polar surface area (TPSA) is 249 Å². The molecule has 2 unspecified atom stereocenters. The zero-order valence-electron chi connectivity index (χ0n) is 67.7. The van der Waals surface area contributed by atoms with Crippen LogP contribution in [-0.2, 0) is 9.53 Å². The predicted octanol–water partition coefficient (Wildman–Crippen LogP) is 22.5. The van der Waals surface area contributed by atoms with Crippen molar-refractivity contribution >= 4 is 5.97 Å². The number of unbranched alkanes of at least 4 members (excludes halogenated alkanes) is 7. The maximum atomic E-state index is 12.3. The Balaban J connectivity index is 0.000000181. The number of aryl methyl sites for hydroxylation is 4. The molecule has 0 spiro atoms. The number of phenolic OH excluding ortho intramolecular Hbond substituents is 3. The van der Waals surface area contributed by atoms with Crippen LogP contribution in [0.5, 0.6) is 46.0 Å². The largest absolute Gasteiger partial charge is 0.507 e. The summed E-state index contributed by atoms with van der Waals surface area (Å²) in [5.41, 5.74) is 11.3. The van der Waals surface area contributed by atoms with Crippen LogP contribution >= 0.6 is 0 Å². The second-order valence-electron chi connectivity index (χ2n) is 28.4. The molecule has 0 fully saturated rings. The molecule has 0 saturated carbocycles. The molecule has 114 heavy (non-hydrogen) atoms. The molecule has 3 heterocycles. The highest BCUT2D eigenvalue weighted by Gasteiger charge is 2.22. The van der Waals surface area contributed by atoms with Crippen LogP contribution in [-0.4, -0.2) is 107 Å². The average molecular weight is 1530 g/mol. The number of aromatic nitrogens is 9. The van der Waals surface area contributed by atoms with E-state index in [1.165, 1.54) is 55.7 Å². The Morgan fingerprint density at radius 3 is 1.08 bits per heavy atom. The number of benzene rings is 9. The first-order valence-electron chi connectivity index (χ1n) is 39.9. The van der Waals surface area contributed by atoms with E-state index in [0.29, 0.717) is 105 Å². The molecule has 9 aromatic carbocycles. The van der Waals surface area contributed by atoms with Gasteiger partial charge >= 0.3 is 5.97 Å². The maximum absolute atomic E-state index is 12.3. The van der Waals surface area contributed by atoms with Gasteiger partial charge in [0.25, 0.3) is 0 Å². The van der Waals surface area contributed by atoms with Crippen molar-refractivity contribution in [3.63, 3.8) is 0 Å². The Morgan fingerprint density at radius 2 is 0.684 bits per heavy atom. The third-order valence-corrected chi connectivity index (χ3v) is 19.7. The highest BCUT2D eigenvalue weighted by atomic mass is 16.6. The Kier molecular flexibility index (Phi) is 31.9. The van der Waals surface area contributed by atoms with Gasteiger partial charge in [-0.2, -0.15) is 0 Å². The van der Waals surface area contributed by atoms with Crippen molar-refractivity contribution in [2.75, 3.05) is 40.6 Å². The SMILES string of the molecule is CCCCC(CC)C(=O)OCCOc1ccc(-c2nc(-c3ccccc3)nc(-c3ccccc3)n2)c(O)c1.CCCCC(CC)COc1ccc(-c2nc(-c3ccc(OC)cc3)nc(-c3ccc(OC)cc3)n2)c(O)c1.CCCCCCCCOc1ccc(-c2nc(-c3ccc(C)cc3C)nc(-c3ccc(C)cc3C)n2)c(O)c1. The quantitative estimate of drug-likeness (QED) is 0.0247. The molecule has 0 amide bonds.